The molecule has 2 atom stereocenters. The summed E-state index contributed by atoms with van der Waals surface area (Å²) >= 11 is 0. The van der Waals surface area contributed by atoms with Gasteiger partial charge in [0.15, 0.2) is 5.25 Å². The van der Waals surface area contributed by atoms with Gasteiger partial charge in [0.25, 0.3) is 0 Å². The van der Waals surface area contributed by atoms with E-state index in [0.717, 1.165) is 19.4 Å². The fourth-order valence-electron chi connectivity index (χ4n) is 2.68. The molecule has 0 amide bonds. The zero-order chi connectivity index (χ0) is 15.0. The zero-order valence-corrected chi connectivity index (χ0v) is 13.2. The van der Waals surface area contributed by atoms with E-state index in [9.17, 15) is 13.2 Å². The van der Waals surface area contributed by atoms with E-state index >= 15 is 0 Å². The minimum Gasteiger partial charge on any atom is -0.459 e. The molecule has 2 aliphatic heterocycles. The largest absolute Gasteiger partial charge is 0.459 e. The lowest BCUT2D eigenvalue weighted by atomic mass is 10.2. The van der Waals surface area contributed by atoms with Gasteiger partial charge in [-0.2, -0.15) is 4.31 Å². The van der Waals surface area contributed by atoms with Crippen LogP contribution in [0.2, 0.25) is 0 Å². The molecule has 20 heavy (non-hydrogen) atoms. The highest BCUT2D eigenvalue weighted by Crippen LogP contribution is 2.25. The third kappa shape index (κ3) is 3.51. The number of carbonyl (C=O) groups excluding carboxylic acids is 1. The van der Waals surface area contributed by atoms with Crippen molar-refractivity contribution < 1.29 is 17.9 Å². The maximum absolute atomic E-state index is 12.4. The van der Waals surface area contributed by atoms with E-state index in [4.69, 9.17) is 4.74 Å². The minimum absolute atomic E-state index is 0.210. The lowest BCUT2D eigenvalue weighted by Gasteiger charge is -2.23. The summed E-state index contributed by atoms with van der Waals surface area (Å²) in [6.07, 6.45) is 2.39. The normalized spacial score (nSPS) is 30.6. The first-order chi connectivity index (χ1) is 9.20. The highest BCUT2D eigenvalue weighted by molar-refractivity contribution is 7.90. The quantitative estimate of drug-likeness (QED) is 0.768. The van der Waals surface area contributed by atoms with E-state index in [-0.39, 0.29) is 6.04 Å². The van der Waals surface area contributed by atoms with Crippen molar-refractivity contribution in [2.24, 2.45) is 0 Å². The number of carbonyl (C=O) groups is 1. The Balaban J connectivity index is 2.01. The van der Waals surface area contributed by atoms with Gasteiger partial charge in [-0.15, -0.1) is 0 Å². The Labute approximate surface area is 120 Å². The zero-order valence-electron chi connectivity index (χ0n) is 12.4. The lowest BCUT2D eigenvalue weighted by Crippen LogP contribution is -2.42. The van der Waals surface area contributed by atoms with E-state index in [0.29, 0.717) is 19.5 Å². The first-order valence-corrected chi connectivity index (χ1v) is 8.66. The predicted octanol–water partition coefficient (Wildman–Crippen LogP) is 0.484. The molecule has 0 aromatic rings. The molecule has 2 heterocycles. The highest BCUT2D eigenvalue weighted by Gasteiger charge is 2.46. The predicted molar refractivity (Wildman–Crippen MR) is 75.8 cm³/mol. The SMILES string of the molecule is CC(C)(C)OC(=O)C1CCN(CC2CCCN2)S1(=O)=O. The molecule has 0 aromatic heterocycles. The summed E-state index contributed by atoms with van der Waals surface area (Å²) in [6.45, 7) is 7.03. The number of nitrogens with one attached hydrogen (secondary N) is 1. The minimum atomic E-state index is -3.57. The maximum atomic E-state index is 12.4. The molecule has 6 nitrogen and oxygen atoms in total. The van der Waals surface area contributed by atoms with Gasteiger partial charge in [-0.3, -0.25) is 4.79 Å². The van der Waals surface area contributed by atoms with Crippen molar-refractivity contribution in [3.63, 3.8) is 0 Å². The Morgan fingerprint density at radius 1 is 1.35 bits per heavy atom. The summed E-state index contributed by atoms with van der Waals surface area (Å²) in [5, 5.41) is 2.24. The van der Waals surface area contributed by atoms with Crippen LogP contribution in [-0.4, -0.2) is 55.2 Å². The number of hydrogen-bond donors (Lipinski definition) is 1. The number of sulfonamides is 1. The molecule has 7 heteroatoms. The maximum Gasteiger partial charge on any atom is 0.326 e. The first kappa shape index (κ1) is 15.7. The Morgan fingerprint density at radius 2 is 2.05 bits per heavy atom. The fraction of sp³-hybridized carbons (Fsp3) is 0.923. The number of nitrogens with zero attached hydrogens (tertiary/aromatic N) is 1. The van der Waals surface area contributed by atoms with Crippen LogP contribution in [0.3, 0.4) is 0 Å². The van der Waals surface area contributed by atoms with Gasteiger partial charge in [0.2, 0.25) is 10.0 Å². The second kappa shape index (κ2) is 5.61. The van der Waals surface area contributed by atoms with Crippen LogP contribution >= 0.6 is 0 Å². The molecule has 2 unspecified atom stereocenters. The summed E-state index contributed by atoms with van der Waals surface area (Å²) < 4.78 is 31.5. The number of esters is 1. The van der Waals surface area contributed by atoms with Crippen molar-refractivity contribution in [1.29, 1.82) is 0 Å². The summed E-state index contributed by atoms with van der Waals surface area (Å²) in [6, 6.07) is 0.210. The van der Waals surface area contributed by atoms with Crippen molar-refractivity contribution in [2.45, 2.75) is 56.9 Å². The summed E-state index contributed by atoms with van der Waals surface area (Å²) in [5.74, 6) is -0.626. The average Bonchev–Trinajstić information content (AvgIpc) is 2.86. The van der Waals surface area contributed by atoms with Crippen LogP contribution in [-0.2, 0) is 19.6 Å². The molecule has 1 N–H and O–H groups in total. The monoisotopic (exact) mass is 304 g/mol. The molecular formula is C13H24N2O4S. The van der Waals surface area contributed by atoms with Gasteiger partial charge < -0.3 is 10.1 Å². The van der Waals surface area contributed by atoms with Crippen molar-refractivity contribution in [2.75, 3.05) is 19.6 Å². The van der Waals surface area contributed by atoms with Gasteiger partial charge in [-0.1, -0.05) is 0 Å². The molecule has 2 rings (SSSR count). The number of hydrogen-bond acceptors (Lipinski definition) is 5. The van der Waals surface area contributed by atoms with Gasteiger partial charge in [0, 0.05) is 19.1 Å². The first-order valence-electron chi connectivity index (χ1n) is 7.15. The van der Waals surface area contributed by atoms with Gasteiger partial charge in [-0.25, -0.2) is 8.42 Å². The Kier molecular flexibility index (Phi) is 4.41. The molecule has 0 aromatic carbocycles. The van der Waals surface area contributed by atoms with E-state index in [1.54, 1.807) is 20.8 Å². The topological polar surface area (TPSA) is 75.7 Å². The van der Waals surface area contributed by atoms with E-state index < -0.39 is 26.8 Å². The van der Waals surface area contributed by atoms with Crippen molar-refractivity contribution >= 4 is 16.0 Å². The standard InChI is InChI=1S/C13H24N2O4S/c1-13(2,3)19-12(16)11-6-8-15(20(11,17)18)9-10-5-4-7-14-10/h10-11,14H,4-9H2,1-3H3. The summed E-state index contributed by atoms with van der Waals surface area (Å²) in [7, 11) is -3.57. The molecule has 2 fully saturated rings. The van der Waals surface area contributed by atoms with Crippen LogP contribution in [0.15, 0.2) is 0 Å². The van der Waals surface area contributed by atoms with E-state index in [1.165, 1.54) is 4.31 Å². The second-order valence-electron chi connectivity index (χ2n) is 6.51. The lowest BCUT2D eigenvalue weighted by molar-refractivity contribution is -0.154. The highest BCUT2D eigenvalue weighted by atomic mass is 32.2. The third-order valence-electron chi connectivity index (χ3n) is 3.62. The molecular weight excluding hydrogens is 280 g/mol. The summed E-state index contributed by atoms with van der Waals surface area (Å²) in [4.78, 5) is 12.0. The molecule has 0 saturated carbocycles. The van der Waals surface area contributed by atoms with Crippen molar-refractivity contribution in [3.05, 3.63) is 0 Å². The molecule has 2 saturated heterocycles. The van der Waals surface area contributed by atoms with Crippen LogP contribution in [0.25, 0.3) is 0 Å². The number of ether oxygens (including phenoxy) is 1. The van der Waals surface area contributed by atoms with Gasteiger partial charge in [-0.05, 0) is 46.6 Å². The Bertz CT molecular complexity index is 463. The van der Waals surface area contributed by atoms with Crippen molar-refractivity contribution in [1.82, 2.24) is 9.62 Å². The summed E-state index contributed by atoms with van der Waals surface area (Å²) in [5.41, 5.74) is -0.660. The molecule has 0 aliphatic carbocycles. The molecule has 0 bridgehead atoms. The smallest absolute Gasteiger partial charge is 0.326 e. The van der Waals surface area contributed by atoms with Crippen LogP contribution in [0.5, 0.6) is 0 Å². The van der Waals surface area contributed by atoms with E-state index in [1.807, 2.05) is 0 Å². The van der Waals surface area contributed by atoms with Crippen LogP contribution in [0.4, 0.5) is 0 Å². The van der Waals surface area contributed by atoms with Crippen molar-refractivity contribution in [3.8, 4) is 0 Å². The van der Waals surface area contributed by atoms with E-state index in [2.05, 4.69) is 5.32 Å². The Morgan fingerprint density at radius 3 is 2.60 bits per heavy atom. The molecule has 116 valence electrons. The third-order valence-corrected chi connectivity index (χ3v) is 5.81. The molecule has 0 radical (unpaired) electrons. The van der Waals surface area contributed by atoms with Gasteiger partial charge in [0.05, 0.1) is 0 Å². The second-order valence-corrected chi connectivity index (χ2v) is 8.62. The van der Waals surface area contributed by atoms with Crippen LogP contribution < -0.4 is 5.32 Å². The molecule has 2 aliphatic rings. The number of rotatable bonds is 3. The van der Waals surface area contributed by atoms with Gasteiger partial charge >= 0.3 is 5.97 Å². The molecule has 0 spiro atoms. The van der Waals surface area contributed by atoms with Crippen LogP contribution in [0.1, 0.15) is 40.0 Å². The van der Waals surface area contributed by atoms with Gasteiger partial charge in [0.1, 0.15) is 5.60 Å². The fourth-order valence-corrected chi connectivity index (χ4v) is 4.48. The van der Waals surface area contributed by atoms with Crippen LogP contribution in [0, 0.1) is 0 Å². The Hall–Kier alpha value is -0.660. The average molecular weight is 304 g/mol.